The lowest BCUT2D eigenvalue weighted by molar-refractivity contribution is -0.137. The molecule has 0 aliphatic heterocycles. The third-order valence-electron chi connectivity index (χ3n) is 2.16. The Labute approximate surface area is 91.7 Å². The molecular weight excluding hydrogens is 218 g/mol. The number of rotatable bonds is 5. The van der Waals surface area contributed by atoms with Crippen molar-refractivity contribution in [3.63, 3.8) is 0 Å². The van der Waals surface area contributed by atoms with Crippen molar-refractivity contribution < 1.29 is 23.4 Å². The molecule has 5 heteroatoms. The molecule has 1 rings (SSSR count). The van der Waals surface area contributed by atoms with Crippen LogP contribution in [0.2, 0.25) is 0 Å². The molecule has 0 saturated heterocycles. The zero-order valence-electron chi connectivity index (χ0n) is 8.69. The van der Waals surface area contributed by atoms with E-state index in [1.54, 1.807) is 19.1 Å². The second kappa shape index (κ2) is 5.44. The highest BCUT2D eigenvalue weighted by Gasteiger charge is 2.10. The molecule has 3 nitrogen and oxygen atoms in total. The van der Waals surface area contributed by atoms with Crippen LogP contribution in [0.5, 0.6) is 5.75 Å². The third-order valence-corrected chi connectivity index (χ3v) is 2.16. The molecule has 0 amide bonds. The Morgan fingerprint density at radius 2 is 1.94 bits per heavy atom. The molecule has 88 valence electrons. The molecule has 0 saturated carbocycles. The van der Waals surface area contributed by atoms with E-state index >= 15 is 0 Å². The molecule has 0 unspecified atom stereocenters. The molecular formula is C11H12F2O3. The zero-order chi connectivity index (χ0) is 12.1. The summed E-state index contributed by atoms with van der Waals surface area (Å²) in [6, 6.07) is 5.98. The molecule has 0 heterocycles. The molecule has 0 spiro atoms. The van der Waals surface area contributed by atoms with Gasteiger partial charge in [0.1, 0.15) is 5.75 Å². The number of hydrogen-bond acceptors (Lipinski definition) is 2. The predicted octanol–water partition coefficient (Wildman–Crippen LogP) is 2.87. The Balaban J connectivity index is 2.66. The van der Waals surface area contributed by atoms with Crippen molar-refractivity contribution in [2.45, 2.75) is 25.9 Å². The van der Waals surface area contributed by atoms with E-state index in [1.165, 1.54) is 12.1 Å². The van der Waals surface area contributed by atoms with Gasteiger partial charge in [-0.3, -0.25) is 4.79 Å². The Morgan fingerprint density at radius 1 is 1.38 bits per heavy atom. The van der Waals surface area contributed by atoms with Crippen molar-refractivity contribution >= 4 is 5.97 Å². The average molecular weight is 230 g/mol. The van der Waals surface area contributed by atoms with E-state index in [4.69, 9.17) is 5.11 Å². The Kier molecular flexibility index (Phi) is 4.22. The fourth-order valence-electron chi connectivity index (χ4n) is 1.36. The maximum Gasteiger partial charge on any atom is 0.387 e. The normalized spacial score (nSPS) is 12.5. The van der Waals surface area contributed by atoms with Crippen molar-refractivity contribution in [2.24, 2.45) is 0 Å². The standard InChI is InChI=1S/C11H12F2O3/c1-7(6-10(14)15)8-2-4-9(5-3-8)16-11(12)13/h2-5,7,11H,6H2,1H3,(H,14,15)/t7-/m1/s1. The number of carboxylic acid groups (broad SMARTS) is 1. The number of hydrogen-bond donors (Lipinski definition) is 1. The summed E-state index contributed by atoms with van der Waals surface area (Å²) in [5.74, 6) is -0.972. The van der Waals surface area contributed by atoms with Gasteiger partial charge in [0.25, 0.3) is 0 Å². The van der Waals surface area contributed by atoms with E-state index < -0.39 is 12.6 Å². The first-order valence-electron chi connectivity index (χ1n) is 4.75. The molecule has 1 atom stereocenters. The van der Waals surface area contributed by atoms with E-state index in [-0.39, 0.29) is 18.1 Å². The fourth-order valence-corrected chi connectivity index (χ4v) is 1.36. The summed E-state index contributed by atoms with van der Waals surface area (Å²) in [7, 11) is 0. The largest absolute Gasteiger partial charge is 0.481 e. The molecule has 0 aliphatic rings. The van der Waals surface area contributed by atoms with Crippen molar-refractivity contribution in [2.75, 3.05) is 0 Å². The van der Waals surface area contributed by atoms with Gasteiger partial charge in [0.05, 0.1) is 6.42 Å². The van der Waals surface area contributed by atoms with Crippen molar-refractivity contribution in [3.8, 4) is 5.75 Å². The number of alkyl halides is 2. The third kappa shape index (κ3) is 3.84. The van der Waals surface area contributed by atoms with E-state index in [0.29, 0.717) is 0 Å². The highest BCUT2D eigenvalue weighted by atomic mass is 19.3. The van der Waals surface area contributed by atoms with Crippen LogP contribution in [-0.2, 0) is 4.79 Å². The SMILES string of the molecule is C[C@H](CC(=O)O)c1ccc(OC(F)F)cc1. The van der Waals surface area contributed by atoms with Gasteiger partial charge < -0.3 is 9.84 Å². The van der Waals surface area contributed by atoms with Gasteiger partial charge in [-0.1, -0.05) is 19.1 Å². The minimum Gasteiger partial charge on any atom is -0.481 e. The number of halogens is 2. The van der Waals surface area contributed by atoms with Gasteiger partial charge >= 0.3 is 12.6 Å². The molecule has 16 heavy (non-hydrogen) atoms. The Hall–Kier alpha value is -1.65. The molecule has 0 bridgehead atoms. The summed E-state index contributed by atoms with van der Waals surface area (Å²) in [5, 5.41) is 8.59. The first-order valence-corrected chi connectivity index (χ1v) is 4.75. The topological polar surface area (TPSA) is 46.5 Å². The number of carbonyl (C=O) groups is 1. The van der Waals surface area contributed by atoms with Gasteiger partial charge in [-0.2, -0.15) is 8.78 Å². The number of aliphatic carboxylic acids is 1. The first kappa shape index (κ1) is 12.4. The molecule has 1 aromatic carbocycles. The van der Waals surface area contributed by atoms with E-state index in [1.807, 2.05) is 0 Å². The van der Waals surface area contributed by atoms with Crippen molar-refractivity contribution in [1.29, 1.82) is 0 Å². The summed E-state index contributed by atoms with van der Waals surface area (Å²) in [5.41, 5.74) is 0.781. The summed E-state index contributed by atoms with van der Waals surface area (Å²) < 4.78 is 27.9. The smallest absolute Gasteiger partial charge is 0.387 e. The van der Waals surface area contributed by atoms with Gasteiger partial charge in [0.15, 0.2) is 0 Å². The lowest BCUT2D eigenvalue weighted by Gasteiger charge is -2.10. The van der Waals surface area contributed by atoms with Gasteiger partial charge in [0, 0.05) is 0 Å². The minimum atomic E-state index is -2.85. The summed E-state index contributed by atoms with van der Waals surface area (Å²) in [6.45, 7) is -1.08. The van der Waals surface area contributed by atoms with Gasteiger partial charge in [0.2, 0.25) is 0 Å². The lowest BCUT2D eigenvalue weighted by atomic mass is 9.98. The Morgan fingerprint density at radius 3 is 2.38 bits per heavy atom. The maximum absolute atomic E-state index is 11.9. The Bertz CT molecular complexity index is 349. The second-order valence-corrected chi connectivity index (χ2v) is 3.45. The fraction of sp³-hybridized carbons (Fsp3) is 0.364. The molecule has 1 aromatic rings. The second-order valence-electron chi connectivity index (χ2n) is 3.45. The number of ether oxygens (including phenoxy) is 1. The lowest BCUT2D eigenvalue weighted by Crippen LogP contribution is -2.04. The highest BCUT2D eigenvalue weighted by Crippen LogP contribution is 2.22. The zero-order valence-corrected chi connectivity index (χ0v) is 8.69. The van der Waals surface area contributed by atoms with Crippen LogP contribution in [0.4, 0.5) is 8.78 Å². The summed E-state index contributed by atoms with van der Waals surface area (Å²) >= 11 is 0. The van der Waals surface area contributed by atoms with Gasteiger partial charge in [-0.25, -0.2) is 0 Å². The van der Waals surface area contributed by atoms with Crippen LogP contribution in [0.15, 0.2) is 24.3 Å². The van der Waals surface area contributed by atoms with Crippen LogP contribution < -0.4 is 4.74 Å². The average Bonchev–Trinajstić information content (AvgIpc) is 2.16. The van der Waals surface area contributed by atoms with Crippen LogP contribution >= 0.6 is 0 Å². The predicted molar refractivity (Wildman–Crippen MR) is 53.7 cm³/mol. The van der Waals surface area contributed by atoms with Crippen LogP contribution in [0.1, 0.15) is 24.8 Å². The summed E-state index contributed by atoms with van der Waals surface area (Å²) in [6.07, 6.45) is 0.00898. The summed E-state index contributed by atoms with van der Waals surface area (Å²) in [4.78, 5) is 10.5. The molecule has 0 aliphatic carbocycles. The number of benzene rings is 1. The van der Waals surface area contributed by atoms with Gasteiger partial charge in [-0.15, -0.1) is 0 Å². The van der Waals surface area contributed by atoms with E-state index in [2.05, 4.69) is 4.74 Å². The van der Waals surface area contributed by atoms with Crippen molar-refractivity contribution in [1.82, 2.24) is 0 Å². The molecule has 0 radical (unpaired) electrons. The van der Waals surface area contributed by atoms with Gasteiger partial charge in [-0.05, 0) is 23.6 Å². The van der Waals surface area contributed by atoms with E-state index in [0.717, 1.165) is 5.56 Å². The van der Waals surface area contributed by atoms with E-state index in [9.17, 15) is 13.6 Å². The van der Waals surface area contributed by atoms with Crippen LogP contribution in [0.25, 0.3) is 0 Å². The van der Waals surface area contributed by atoms with Crippen LogP contribution in [0.3, 0.4) is 0 Å². The maximum atomic E-state index is 11.9. The minimum absolute atomic E-state index is 0.00898. The molecule has 0 fully saturated rings. The van der Waals surface area contributed by atoms with Crippen LogP contribution in [-0.4, -0.2) is 17.7 Å². The van der Waals surface area contributed by atoms with Crippen LogP contribution in [0, 0.1) is 0 Å². The monoisotopic (exact) mass is 230 g/mol. The number of carboxylic acids is 1. The first-order chi connectivity index (χ1) is 7.49. The molecule has 0 aromatic heterocycles. The quantitative estimate of drug-likeness (QED) is 0.845. The highest BCUT2D eigenvalue weighted by molar-refractivity contribution is 5.67. The van der Waals surface area contributed by atoms with Crippen molar-refractivity contribution in [3.05, 3.63) is 29.8 Å². The molecule has 1 N–H and O–H groups in total.